The van der Waals surface area contributed by atoms with Crippen LogP contribution in [0.3, 0.4) is 0 Å². The molecule has 0 saturated heterocycles. The molecule has 5 rings (SSSR count). The van der Waals surface area contributed by atoms with Crippen LogP contribution in [-0.2, 0) is 20.1 Å². The SMILES string of the molecule is Brc1cccc(Br)c1-n1c(-c2[c-]cccc2)nc2ccc3ccccc3c21.[Ir]. The molecule has 5 aromatic rings. The Morgan fingerprint density at radius 1 is 0.786 bits per heavy atom. The van der Waals surface area contributed by atoms with Crippen LogP contribution >= 0.6 is 31.9 Å². The number of benzene rings is 4. The minimum absolute atomic E-state index is 0. The maximum atomic E-state index is 4.98. The quantitative estimate of drug-likeness (QED) is 0.183. The first-order valence-corrected chi connectivity index (χ1v) is 10.1. The Morgan fingerprint density at radius 3 is 2.29 bits per heavy atom. The summed E-state index contributed by atoms with van der Waals surface area (Å²) in [6, 6.07) is 30.0. The van der Waals surface area contributed by atoms with Crippen LogP contribution in [0.15, 0.2) is 87.8 Å². The van der Waals surface area contributed by atoms with E-state index >= 15 is 0 Å². The van der Waals surface area contributed by atoms with Crippen LogP contribution in [0.4, 0.5) is 0 Å². The number of rotatable bonds is 2. The smallest absolute Gasteiger partial charge is 0.0781 e. The molecule has 0 N–H and O–H groups in total. The summed E-state index contributed by atoms with van der Waals surface area (Å²) in [6.07, 6.45) is 0. The molecule has 139 valence electrons. The number of aromatic nitrogens is 2. The second-order valence-electron chi connectivity index (χ2n) is 6.27. The standard InChI is InChI=1S/C23H13Br2N2.Ir/c24-18-11-6-12-19(25)22(18)27-21-17-10-5-4-7-15(17)13-14-20(21)26-23(27)16-8-2-1-3-9-16;/h1-8,10-14H;/q-1;. The predicted octanol–water partition coefficient (Wildman–Crippen LogP) is 7.17. The normalized spacial score (nSPS) is 10.9. The van der Waals surface area contributed by atoms with Gasteiger partial charge < -0.3 is 4.57 Å². The summed E-state index contributed by atoms with van der Waals surface area (Å²) in [5.74, 6) is 0.870. The fraction of sp³-hybridized carbons (Fsp3) is 0. The van der Waals surface area contributed by atoms with Crippen LogP contribution in [0.2, 0.25) is 0 Å². The van der Waals surface area contributed by atoms with Crippen molar-refractivity contribution in [1.29, 1.82) is 0 Å². The molecule has 0 fully saturated rings. The molecule has 5 heteroatoms. The molecule has 0 unspecified atom stereocenters. The summed E-state index contributed by atoms with van der Waals surface area (Å²) in [4.78, 5) is 4.98. The van der Waals surface area contributed by atoms with Crippen molar-refractivity contribution in [3.8, 4) is 17.1 Å². The Balaban J connectivity index is 0.00000192. The first-order chi connectivity index (χ1) is 13.2. The van der Waals surface area contributed by atoms with Crippen molar-refractivity contribution in [3.63, 3.8) is 0 Å². The number of nitrogens with zero attached hydrogens (tertiary/aromatic N) is 2. The summed E-state index contributed by atoms with van der Waals surface area (Å²) < 4.78 is 4.22. The van der Waals surface area contributed by atoms with E-state index < -0.39 is 0 Å². The van der Waals surface area contributed by atoms with Crippen LogP contribution in [0.25, 0.3) is 38.9 Å². The first-order valence-electron chi connectivity index (χ1n) is 8.56. The summed E-state index contributed by atoms with van der Waals surface area (Å²) >= 11 is 7.47. The third kappa shape index (κ3) is 3.17. The largest absolute Gasteiger partial charge is 0.331 e. The second kappa shape index (κ2) is 7.92. The van der Waals surface area contributed by atoms with Crippen molar-refractivity contribution in [2.24, 2.45) is 0 Å². The van der Waals surface area contributed by atoms with E-state index in [0.717, 1.165) is 37.1 Å². The molecule has 0 atom stereocenters. The summed E-state index contributed by atoms with van der Waals surface area (Å²) in [7, 11) is 0. The maximum Gasteiger partial charge on any atom is 0.0781 e. The fourth-order valence-electron chi connectivity index (χ4n) is 3.47. The minimum atomic E-state index is 0. The van der Waals surface area contributed by atoms with Crippen LogP contribution in [-0.4, -0.2) is 9.55 Å². The summed E-state index contributed by atoms with van der Waals surface area (Å²) in [5, 5.41) is 2.37. The molecule has 1 aromatic heterocycles. The predicted molar refractivity (Wildman–Crippen MR) is 118 cm³/mol. The molecule has 0 amide bonds. The van der Waals surface area contributed by atoms with Gasteiger partial charge in [0.25, 0.3) is 0 Å². The number of fused-ring (bicyclic) bond motifs is 3. The van der Waals surface area contributed by atoms with Crippen molar-refractivity contribution in [3.05, 3.63) is 93.9 Å². The van der Waals surface area contributed by atoms with E-state index in [1.807, 2.05) is 30.3 Å². The van der Waals surface area contributed by atoms with Gasteiger partial charge in [-0.1, -0.05) is 36.4 Å². The minimum Gasteiger partial charge on any atom is -0.331 e. The zero-order chi connectivity index (χ0) is 18.4. The maximum absolute atomic E-state index is 4.98. The Labute approximate surface area is 193 Å². The third-order valence-corrected chi connectivity index (χ3v) is 5.93. The van der Waals surface area contributed by atoms with E-state index in [2.05, 4.69) is 91.0 Å². The number of hydrogen-bond acceptors (Lipinski definition) is 1. The van der Waals surface area contributed by atoms with E-state index in [4.69, 9.17) is 4.98 Å². The Bertz CT molecular complexity index is 1280. The van der Waals surface area contributed by atoms with Gasteiger partial charge in [0.15, 0.2) is 0 Å². The van der Waals surface area contributed by atoms with Gasteiger partial charge in [0.2, 0.25) is 0 Å². The molecule has 0 saturated carbocycles. The van der Waals surface area contributed by atoms with E-state index in [1.54, 1.807) is 0 Å². The Morgan fingerprint density at radius 2 is 1.54 bits per heavy atom. The van der Waals surface area contributed by atoms with E-state index in [-0.39, 0.29) is 20.1 Å². The summed E-state index contributed by atoms with van der Waals surface area (Å²) in [6.45, 7) is 0. The molecule has 4 aromatic carbocycles. The second-order valence-corrected chi connectivity index (χ2v) is 7.98. The van der Waals surface area contributed by atoms with Crippen molar-refractivity contribution >= 4 is 53.7 Å². The van der Waals surface area contributed by atoms with Gasteiger partial charge in [-0.05, 0) is 55.4 Å². The van der Waals surface area contributed by atoms with Gasteiger partial charge in [-0.15, -0.1) is 35.9 Å². The van der Waals surface area contributed by atoms with E-state index in [1.165, 1.54) is 10.8 Å². The molecule has 0 bridgehead atoms. The fourth-order valence-corrected chi connectivity index (χ4v) is 4.83. The number of hydrogen-bond donors (Lipinski definition) is 0. The molecule has 0 aliphatic rings. The Hall–Kier alpha value is -1.78. The molecule has 0 aliphatic heterocycles. The molecule has 1 radical (unpaired) electrons. The molecular weight excluding hydrogens is 656 g/mol. The van der Waals surface area contributed by atoms with Gasteiger partial charge >= 0.3 is 0 Å². The van der Waals surface area contributed by atoms with Crippen molar-refractivity contribution < 1.29 is 20.1 Å². The Kier molecular flexibility index (Phi) is 5.52. The average Bonchev–Trinajstić information content (AvgIpc) is 3.08. The molecule has 1 heterocycles. The van der Waals surface area contributed by atoms with Crippen LogP contribution in [0, 0.1) is 6.07 Å². The van der Waals surface area contributed by atoms with Gasteiger partial charge in [-0.3, -0.25) is 4.98 Å². The number of halogens is 2. The van der Waals surface area contributed by atoms with Crippen molar-refractivity contribution in [2.45, 2.75) is 0 Å². The van der Waals surface area contributed by atoms with Crippen LogP contribution in [0.1, 0.15) is 0 Å². The van der Waals surface area contributed by atoms with Crippen molar-refractivity contribution in [2.75, 3.05) is 0 Å². The molecule has 0 spiro atoms. The molecule has 2 nitrogen and oxygen atoms in total. The monoisotopic (exact) mass is 668 g/mol. The molecular formula is C23H13Br2IrN2-. The number of imidazole rings is 1. The van der Waals surface area contributed by atoms with Gasteiger partial charge in [-0.25, -0.2) is 0 Å². The summed E-state index contributed by atoms with van der Waals surface area (Å²) in [5.41, 5.74) is 4.04. The topological polar surface area (TPSA) is 17.8 Å². The van der Waals surface area contributed by atoms with Gasteiger partial charge in [-0.2, -0.15) is 0 Å². The number of para-hydroxylation sites is 1. The third-order valence-electron chi connectivity index (χ3n) is 4.65. The first kappa shape index (κ1) is 19.5. The van der Waals surface area contributed by atoms with Gasteiger partial charge in [0.1, 0.15) is 0 Å². The van der Waals surface area contributed by atoms with Crippen LogP contribution < -0.4 is 0 Å². The molecule has 0 aliphatic carbocycles. The van der Waals surface area contributed by atoms with Gasteiger partial charge in [0, 0.05) is 34.4 Å². The molecule has 28 heavy (non-hydrogen) atoms. The van der Waals surface area contributed by atoms with Crippen molar-refractivity contribution in [1.82, 2.24) is 9.55 Å². The van der Waals surface area contributed by atoms with Crippen LogP contribution in [0.5, 0.6) is 0 Å². The van der Waals surface area contributed by atoms with Gasteiger partial charge in [0.05, 0.1) is 22.5 Å². The van der Waals surface area contributed by atoms with E-state index in [9.17, 15) is 0 Å². The zero-order valence-electron chi connectivity index (χ0n) is 14.5. The average molecular weight is 669 g/mol. The zero-order valence-corrected chi connectivity index (χ0v) is 20.1. The van der Waals surface area contributed by atoms with E-state index in [0.29, 0.717) is 0 Å².